The summed E-state index contributed by atoms with van der Waals surface area (Å²) in [6, 6.07) is -0.510. The lowest BCUT2D eigenvalue weighted by Gasteiger charge is -2.30. The molecule has 0 aromatic carbocycles. The Bertz CT molecular complexity index is 529. The fourth-order valence-corrected chi connectivity index (χ4v) is 3.36. The van der Waals surface area contributed by atoms with E-state index >= 15 is 0 Å². The maximum atomic E-state index is 12.8. The molecule has 0 bridgehead atoms. The first kappa shape index (κ1) is 15.9. The van der Waals surface area contributed by atoms with E-state index in [2.05, 4.69) is 10.3 Å². The summed E-state index contributed by atoms with van der Waals surface area (Å²) < 4.78 is 0. The quantitative estimate of drug-likeness (QED) is 0.928. The van der Waals surface area contributed by atoms with Crippen molar-refractivity contribution in [1.82, 2.24) is 15.2 Å². The molecule has 1 aliphatic rings. The Labute approximate surface area is 129 Å². The van der Waals surface area contributed by atoms with Crippen molar-refractivity contribution in [2.24, 2.45) is 5.92 Å². The van der Waals surface area contributed by atoms with Crippen molar-refractivity contribution in [2.75, 3.05) is 6.54 Å². The average molecular weight is 309 g/mol. The number of hydrogen-bond acceptors (Lipinski definition) is 4. The molecule has 0 saturated carbocycles. The molecular formula is C15H23N3O2S. The van der Waals surface area contributed by atoms with Crippen LogP contribution >= 0.6 is 11.3 Å². The number of aromatic nitrogens is 1. The summed E-state index contributed by atoms with van der Waals surface area (Å²) in [6.07, 6.45) is 3.04. The standard InChI is InChI=1S/C15H23N3O2S/c1-5-9(2)13-15(20)18(7-6-12(19)17-13)11(4)14-16-8-10(3)21-14/h8-9,11,13H,5-7H2,1-4H3,(H,17,19). The SMILES string of the molecule is CCC(C)C1NC(=O)CCN(C(C)c2ncc(C)s2)C1=O. The van der Waals surface area contributed by atoms with Crippen molar-refractivity contribution in [3.05, 3.63) is 16.1 Å². The number of rotatable bonds is 4. The highest BCUT2D eigenvalue weighted by atomic mass is 32.1. The average Bonchev–Trinajstić information content (AvgIpc) is 2.83. The first-order valence-corrected chi connectivity index (χ1v) is 8.27. The number of nitrogens with one attached hydrogen (secondary N) is 1. The molecule has 1 saturated heterocycles. The lowest BCUT2D eigenvalue weighted by atomic mass is 9.98. The minimum Gasteiger partial charge on any atom is -0.344 e. The maximum Gasteiger partial charge on any atom is 0.246 e. The number of hydrogen-bond donors (Lipinski definition) is 1. The zero-order chi connectivity index (χ0) is 15.6. The summed E-state index contributed by atoms with van der Waals surface area (Å²) in [4.78, 5) is 32.0. The minimum atomic E-state index is -0.423. The third-order valence-electron chi connectivity index (χ3n) is 4.12. The molecule has 6 heteroatoms. The molecule has 5 nitrogen and oxygen atoms in total. The van der Waals surface area contributed by atoms with Gasteiger partial charge < -0.3 is 10.2 Å². The molecule has 3 unspecified atom stereocenters. The number of amides is 2. The Balaban J connectivity index is 2.24. The van der Waals surface area contributed by atoms with E-state index in [1.807, 2.05) is 33.9 Å². The predicted molar refractivity (Wildman–Crippen MR) is 83.0 cm³/mol. The van der Waals surface area contributed by atoms with Crippen LogP contribution in [-0.2, 0) is 9.59 Å². The summed E-state index contributed by atoms with van der Waals surface area (Å²) in [5.41, 5.74) is 0. The lowest BCUT2D eigenvalue weighted by Crippen LogP contribution is -2.48. The lowest BCUT2D eigenvalue weighted by molar-refractivity contribution is -0.136. The van der Waals surface area contributed by atoms with E-state index in [0.717, 1.165) is 16.3 Å². The van der Waals surface area contributed by atoms with Gasteiger partial charge in [-0.15, -0.1) is 11.3 Å². The van der Waals surface area contributed by atoms with Gasteiger partial charge in [0.05, 0.1) is 6.04 Å². The molecule has 1 aromatic rings. The molecule has 0 spiro atoms. The van der Waals surface area contributed by atoms with Crippen LogP contribution in [0, 0.1) is 12.8 Å². The van der Waals surface area contributed by atoms with E-state index in [4.69, 9.17) is 0 Å². The Morgan fingerprint density at radius 2 is 2.19 bits per heavy atom. The Kier molecular flexibility index (Phi) is 4.98. The van der Waals surface area contributed by atoms with Crippen molar-refractivity contribution in [3.8, 4) is 0 Å². The van der Waals surface area contributed by atoms with Crippen LogP contribution in [0.1, 0.15) is 49.5 Å². The smallest absolute Gasteiger partial charge is 0.246 e. The number of carbonyl (C=O) groups is 2. The van der Waals surface area contributed by atoms with E-state index in [0.29, 0.717) is 13.0 Å². The molecule has 116 valence electrons. The van der Waals surface area contributed by atoms with Gasteiger partial charge in [-0.2, -0.15) is 0 Å². The summed E-state index contributed by atoms with van der Waals surface area (Å²) >= 11 is 1.60. The van der Waals surface area contributed by atoms with E-state index in [9.17, 15) is 9.59 Å². The highest BCUT2D eigenvalue weighted by molar-refractivity contribution is 7.11. The molecule has 2 amide bonds. The van der Waals surface area contributed by atoms with Gasteiger partial charge in [-0.1, -0.05) is 20.3 Å². The van der Waals surface area contributed by atoms with E-state index in [1.165, 1.54) is 0 Å². The van der Waals surface area contributed by atoms with E-state index in [-0.39, 0.29) is 23.8 Å². The third kappa shape index (κ3) is 3.43. The van der Waals surface area contributed by atoms with Gasteiger partial charge in [-0.25, -0.2) is 4.98 Å². The van der Waals surface area contributed by atoms with Crippen LogP contribution in [0.4, 0.5) is 0 Å². The topological polar surface area (TPSA) is 62.3 Å². The third-order valence-corrected chi connectivity index (χ3v) is 5.21. The zero-order valence-corrected chi connectivity index (χ0v) is 13.9. The van der Waals surface area contributed by atoms with Gasteiger partial charge in [0.25, 0.3) is 0 Å². The summed E-state index contributed by atoms with van der Waals surface area (Å²) in [5, 5.41) is 3.80. The summed E-state index contributed by atoms with van der Waals surface area (Å²) in [5.74, 6) is 0.0986. The van der Waals surface area contributed by atoms with Crippen molar-refractivity contribution in [3.63, 3.8) is 0 Å². The minimum absolute atomic E-state index is 0.00977. The van der Waals surface area contributed by atoms with Crippen LogP contribution in [0.5, 0.6) is 0 Å². The molecule has 1 aliphatic heterocycles. The van der Waals surface area contributed by atoms with Crippen LogP contribution in [0.3, 0.4) is 0 Å². The highest BCUT2D eigenvalue weighted by Crippen LogP contribution is 2.27. The number of nitrogens with zero attached hydrogens (tertiary/aromatic N) is 2. The van der Waals surface area contributed by atoms with Crippen LogP contribution in [-0.4, -0.2) is 34.3 Å². The first-order chi connectivity index (χ1) is 9.93. The van der Waals surface area contributed by atoms with Gasteiger partial charge in [-0.05, 0) is 19.8 Å². The van der Waals surface area contributed by atoms with Crippen LogP contribution < -0.4 is 5.32 Å². The van der Waals surface area contributed by atoms with Gasteiger partial charge in [0.1, 0.15) is 11.0 Å². The van der Waals surface area contributed by atoms with Gasteiger partial charge in [0.15, 0.2) is 0 Å². The van der Waals surface area contributed by atoms with Gasteiger partial charge in [0.2, 0.25) is 11.8 Å². The van der Waals surface area contributed by atoms with Crippen molar-refractivity contribution in [1.29, 1.82) is 0 Å². The second-order valence-corrected chi connectivity index (χ2v) is 6.96. The second kappa shape index (κ2) is 6.56. The van der Waals surface area contributed by atoms with Crippen LogP contribution in [0.2, 0.25) is 0 Å². The monoisotopic (exact) mass is 309 g/mol. The van der Waals surface area contributed by atoms with Crippen molar-refractivity contribution >= 4 is 23.2 Å². The first-order valence-electron chi connectivity index (χ1n) is 7.46. The van der Waals surface area contributed by atoms with Crippen LogP contribution in [0.15, 0.2) is 6.20 Å². The molecule has 21 heavy (non-hydrogen) atoms. The van der Waals surface area contributed by atoms with E-state index in [1.54, 1.807) is 16.2 Å². The molecule has 3 atom stereocenters. The highest BCUT2D eigenvalue weighted by Gasteiger charge is 2.35. The molecule has 2 heterocycles. The van der Waals surface area contributed by atoms with Gasteiger partial charge >= 0.3 is 0 Å². The number of carbonyl (C=O) groups excluding carboxylic acids is 2. The number of aryl methyl sites for hydroxylation is 1. The molecule has 0 radical (unpaired) electrons. The fraction of sp³-hybridized carbons (Fsp3) is 0.667. The molecule has 0 aliphatic carbocycles. The van der Waals surface area contributed by atoms with E-state index < -0.39 is 6.04 Å². The zero-order valence-electron chi connectivity index (χ0n) is 13.0. The molecule has 1 fully saturated rings. The summed E-state index contributed by atoms with van der Waals surface area (Å²) in [7, 11) is 0. The van der Waals surface area contributed by atoms with Crippen molar-refractivity contribution in [2.45, 2.75) is 52.6 Å². The number of thiazole rings is 1. The largest absolute Gasteiger partial charge is 0.344 e. The normalized spacial score (nSPS) is 22.7. The fourth-order valence-electron chi connectivity index (χ4n) is 2.52. The second-order valence-electron chi connectivity index (χ2n) is 5.70. The molecule has 1 aromatic heterocycles. The Morgan fingerprint density at radius 3 is 2.76 bits per heavy atom. The van der Waals surface area contributed by atoms with Gasteiger partial charge in [-0.3, -0.25) is 9.59 Å². The summed E-state index contributed by atoms with van der Waals surface area (Å²) in [6.45, 7) is 8.49. The molecule has 2 rings (SSSR count). The Morgan fingerprint density at radius 1 is 1.48 bits per heavy atom. The van der Waals surface area contributed by atoms with Crippen LogP contribution in [0.25, 0.3) is 0 Å². The predicted octanol–water partition coefficient (Wildman–Crippen LogP) is 2.28. The Hall–Kier alpha value is -1.43. The molecule has 1 N–H and O–H groups in total. The maximum absolute atomic E-state index is 12.8. The molecular weight excluding hydrogens is 286 g/mol. The van der Waals surface area contributed by atoms with Crippen molar-refractivity contribution < 1.29 is 9.59 Å². The van der Waals surface area contributed by atoms with Gasteiger partial charge in [0, 0.05) is 24.0 Å².